The Labute approximate surface area is 243 Å². The van der Waals surface area contributed by atoms with Gasteiger partial charge < -0.3 is 9.84 Å². The summed E-state index contributed by atoms with van der Waals surface area (Å²) in [6.45, 7) is 20.8. The zero-order valence-electron chi connectivity index (χ0n) is 26.1. The van der Waals surface area contributed by atoms with Crippen molar-refractivity contribution in [2.75, 3.05) is 6.61 Å². The lowest BCUT2D eigenvalue weighted by Crippen LogP contribution is -2.06. The van der Waals surface area contributed by atoms with Crippen molar-refractivity contribution >= 4 is 11.3 Å². The molecule has 1 aliphatic rings. The molecule has 216 valence electrons. The molecule has 1 atom stereocenters. The summed E-state index contributed by atoms with van der Waals surface area (Å²) in [5.74, 6) is 1.27. The van der Waals surface area contributed by atoms with E-state index >= 15 is 0 Å². The number of hydrogen-bond acceptors (Lipinski definition) is 5. The van der Waals surface area contributed by atoms with Gasteiger partial charge in [-0.2, -0.15) is 5.26 Å². The predicted molar refractivity (Wildman–Crippen MR) is 171 cm³/mol. The molecule has 0 bridgehead atoms. The number of ether oxygens (including phenoxy) is 1. The highest BCUT2D eigenvalue weighted by Gasteiger charge is 2.22. The first-order valence-corrected chi connectivity index (χ1v) is 15.6. The van der Waals surface area contributed by atoms with Gasteiger partial charge in [0.25, 0.3) is 0 Å². The van der Waals surface area contributed by atoms with Crippen LogP contribution in [0.2, 0.25) is 0 Å². The van der Waals surface area contributed by atoms with Gasteiger partial charge in [-0.05, 0) is 73.9 Å². The standard InChI is InChI=1S/C23H22N2OS.C4H10.C3H8O.2C2H6/c1-14(2)26-21-10-8-16(11-17(21)12-24)23-25-13-22(27-23)20-6-4-5-18-15(3)7-9-19(18)20;1-3-4-2;1-2-3-4;2*1-2/h4-6,8,10-11,13-15H,7,9H2,1-3H3;3-4H2,1-2H3;4H,2-3H2,1H3;2*1-2H3. The summed E-state index contributed by atoms with van der Waals surface area (Å²) in [5.41, 5.74) is 5.76. The van der Waals surface area contributed by atoms with Crippen molar-refractivity contribution in [3.63, 3.8) is 0 Å². The molecule has 4 nitrogen and oxygen atoms in total. The molecule has 0 saturated heterocycles. The molecule has 4 rings (SSSR count). The van der Waals surface area contributed by atoms with Gasteiger partial charge in [0.2, 0.25) is 0 Å². The highest BCUT2D eigenvalue weighted by Crippen LogP contribution is 2.41. The van der Waals surface area contributed by atoms with Crippen LogP contribution in [-0.4, -0.2) is 22.8 Å². The quantitative estimate of drug-likeness (QED) is 0.330. The molecule has 0 saturated carbocycles. The molecule has 1 unspecified atom stereocenters. The van der Waals surface area contributed by atoms with E-state index in [9.17, 15) is 5.26 Å². The minimum absolute atomic E-state index is 0.0389. The summed E-state index contributed by atoms with van der Waals surface area (Å²) < 4.78 is 5.72. The van der Waals surface area contributed by atoms with Gasteiger partial charge in [-0.1, -0.05) is 86.4 Å². The van der Waals surface area contributed by atoms with Crippen LogP contribution < -0.4 is 4.74 Å². The first kappa shape index (κ1) is 36.3. The minimum Gasteiger partial charge on any atom is -0.490 e. The van der Waals surface area contributed by atoms with E-state index < -0.39 is 0 Å². The number of aliphatic hydroxyl groups excluding tert-OH is 1. The molecule has 0 spiro atoms. The Bertz CT molecular complexity index is 1090. The molecular weight excluding hydrogens is 500 g/mol. The smallest absolute Gasteiger partial charge is 0.137 e. The fourth-order valence-electron chi connectivity index (χ4n) is 3.73. The highest BCUT2D eigenvalue weighted by atomic mass is 32.1. The van der Waals surface area contributed by atoms with Crippen LogP contribution in [0.5, 0.6) is 5.75 Å². The second-order valence-corrected chi connectivity index (χ2v) is 10.1. The minimum atomic E-state index is 0.0389. The van der Waals surface area contributed by atoms with Crippen molar-refractivity contribution in [2.24, 2.45) is 0 Å². The van der Waals surface area contributed by atoms with Crippen molar-refractivity contribution in [1.82, 2.24) is 4.98 Å². The lowest BCUT2D eigenvalue weighted by Gasteiger charge is -2.11. The Kier molecular flexibility index (Phi) is 19.7. The Balaban J connectivity index is 0.00000104. The SMILES string of the molecule is CC.CC.CC(C)Oc1ccc(-c2ncc(-c3cccc4c3CCC4C)s2)cc1C#N.CCCC.CCCO. The zero-order valence-corrected chi connectivity index (χ0v) is 26.9. The number of hydrogen-bond donors (Lipinski definition) is 1. The van der Waals surface area contributed by atoms with Gasteiger partial charge in [-0.15, -0.1) is 11.3 Å². The molecule has 1 heterocycles. The molecule has 0 aliphatic heterocycles. The zero-order chi connectivity index (χ0) is 29.8. The molecule has 1 aromatic heterocycles. The molecule has 0 fully saturated rings. The number of benzene rings is 2. The molecule has 3 aromatic rings. The molecule has 1 N–H and O–H groups in total. The van der Waals surface area contributed by atoms with Crippen LogP contribution in [0.4, 0.5) is 0 Å². The molecule has 0 amide bonds. The first-order chi connectivity index (χ1) is 18.9. The highest BCUT2D eigenvalue weighted by molar-refractivity contribution is 7.18. The fourth-order valence-corrected chi connectivity index (χ4v) is 4.70. The van der Waals surface area contributed by atoms with E-state index in [4.69, 9.17) is 9.84 Å². The van der Waals surface area contributed by atoms with Gasteiger partial charge in [0, 0.05) is 18.4 Å². The lowest BCUT2D eigenvalue weighted by molar-refractivity contribution is 0.242. The van der Waals surface area contributed by atoms with Crippen molar-refractivity contribution in [3.8, 4) is 32.8 Å². The average Bonchev–Trinajstić information content (AvgIpc) is 3.63. The predicted octanol–water partition coefficient (Wildman–Crippen LogP) is 10.4. The summed E-state index contributed by atoms with van der Waals surface area (Å²) in [4.78, 5) is 5.83. The van der Waals surface area contributed by atoms with Crippen LogP contribution in [0, 0.1) is 11.3 Å². The van der Waals surface area contributed by atoms with Crippen LogP contribution in [0.25, 0.3) is 21.0 Å². The maximum absolute atomic E-state index is 9.47. The van der Waals surface area contributed by atoms with Crippen LogP contribution in [0.3, 0.4) is 0 Å². The molecule has 39 heavy (non-hydrogen) atoms. The first-order valence-electron chi connectivity index (χ1n) is 14.8. The second kappa shape index (κ2) is 21.2. The Morgan fingerprint density at radius 3 is 2.23 bits per heavy atom. The van der Waals surface area contributed by atoms with Crippen LogP contribution in [-0.2, 0) is 6.42 Å². The summed E-state index contributed by atoms with van der Waals surface area (Å²) in [5, 5.41) is 18.3. The molecule has 5 heteroatoms. The summed E-state index contributed by atoms with van der Waals surface area (Å²) in [6, 6.07) is 14.6. The number of thiazole rings is 1. The van der Waals surface area contributed by atoms with Gasteiger partial charge in [0.1, 0.15) is 16.8 Å². The van der Waals surface area contributed by atoms with Crippen molar-refractivity contribution < 1.29 is 9.84 Å². The Morgan fingerprint density at radius 2 is 1.69 bits per heavy atom. The fraction of sp³-hybridized carbons (Fsp3) is 0.529. The van der Waals surface area contributed by atoms with Crippen molar-refractivity contribution in [1.29, 1.82) is 5.26 Å². The summed E-state index contributed by atoms with van der Waals surface area (Å²) >= 11 is 1.68. The maximum Gasteiger partial charge on any atom is 0.137 e. The lowest BCUT2D eigenvalue weighted by atomic mass is 9.99. The average molecular weight is 553 g/mol. The number of nitrogens with zero attached hydrogens (tertiary/aromatic N) is 2. The number of fused-ring (bicyclic) bond motifs is 1. The van der Waals surface area contributed by atoms with Crippen LogP contribution in [0.1, 0.15) is 118 Å². The number of unbranched alkanes of at least 4 members (excludes halogenated alkanes) is 1. The van der Waals surface area contributed by atoms with Crippen LogP contribution >= 0.6 is 11.3 Å². The van der Waals surface area contributed by atoms with Crippen LogP contribution in [0.15, 0.2) is 42.6 Å². The van der Waals surface area contributed by atoms with E-state index in [0.29, 0.717) is 23.8 Å². The largest absolute Gasteiger partial charge is 0.490 e. The van der Waals surface area contributed by atoms with Gasteiger partial charge in [0.05, 0.1) is 16.5 Å². The Morgan fingerprint density at radius 1 is 1.05 bits per heavy atom. The monoisotopic (exact) mass is 552 g/mol. The van der Waals surface area contributed by atoms with Gasteiger partial charge >= 0.3 is 0 Å². The maximum atomic E-state index is 9.47. The topological polar surface area (TPSA) is 66.1 Å². The third kappa shape index (κ3) is 11.5. The van der Waals surface area contributed by atoms with E-state index in [-0.39, 0.29) is 6.10 Å². The molecule has 1 aliphatic carbocycles. The third-order valence-corrected chi connectivity index (χ3v) is 6.85. The van der Waals surface area contributed by atoms with Gasteiger partial charge in [0.15, 0.2) is 0 Å². The molecular formula is C34H52N2O2S. The summed E-state index contributed by atoms with van der Waals surface area (Å²) in [7, 11) is 0. The van der Waals surface area contributed by atoms with Gasteiger partial charge in [-0.25, -0.2) is 4.98 Å². The third-order valence-electron chi connectivity index (χ3n) is 5.77. The Hall–Kier alpha value is -2.68. The molecule has 0 radical (unpaired) electrons. The van der Waals surface area contributed by atoms with E-state index in [2.05, 4.69) is 50.0 Å². The van der Waals surface area contributed by atoms with Crippen molar-refractivity contribution in [2.45, 2.75) is 113 Å². The van der Waals surface area contributed by atoms with E-state index in [1.807, 2.05) is 72.9 Å². The van der Waals surface area contributed by atoms with Gasteiger partial charge in [-0.3, -0.25) is 0 Å². The van der Waals surface area contributed by atoms with E-state index in [1.165, 1.54) is 40.8 Å². The number of rotatable bonds is 6. The van der Waals surface area contributed by atoms with E-state index in [0.717, 1.165) is 23.4 Å². The van der Waals surface area contributed by atoms with E-state index in [1.54, 1.807) is 11.3 Å². The normalized spacial score (nSPS) is 12.6. The number of nitriles is 1. The summed E-state index contributed by atoms with van der Waals surface area (Å²) in [6.07, 6.45) is 7.88. The number of aliphatic hydroxyl groups is 1. The second-order valence-electron chi connectivity index (χ2n) is 9.06. The number of aromatic nitrogens is 1. The van der Waals surface area contributed by atoms with Crippen molar-refractivity contribution in [3.05, 3.63) is 59.3 Å². The molecule has 2 aromatic carbocycles.